The molecule has 0 bridgehead atoms. The smallest absolute Gasteiger partial charge is 0.165 e. The van der Waals surface area contributed by atoms with Crippen LogP contribution in [-0.4, -0.2) is 13.0 Å². The molecule has 20 heavy (non-hydrogen) atoms. The minimum absolute atomic E-state index is 0.185. The van der Waals surface area contributed by atoms with Crippen molar-refractivity contribution in [2.24, 2.45) is 0 Å². The van der Waals surface area contributed by atoms with Gasteiger partial charge in [0.1, 0.15) is 0 Å². The van der Waals surface area contributed by atoms with Gasteiger partial charge < -0.3 is 4.74 Å². The molecule has 0 aliphatic heterocycles. The number of rotatable bonds is 5. The minimum Gasteiger partial charge on any atom is -0.494 e. The van der Waals surface area contributed by atoms with Gasteiger partial charge in [-0.2, -0.15) is 0 Å². The topological polar surface area (TPSA) is 9.23 Å². The van der Waals surface area contributed by atoms with Crippen LogP contribution in [0.15, 0.2) is 42.5 Å². The van der Waals surface area contributed by atoms with E-state index in [1.54, 1.807) is 6.07 Å². The summed E-state index contributed by atoms with van der Waals surface area (Å²) in [6, 6.07) is 13.4. The first-order valence-corrected chi connectivity index (χ1v) is 7.12. The van der Waals surface area contributed by atoms with Gasteiger partial charge in [-0.25, -0.2) is 4.39 Å². The lowest BCUT2D eigenvalue weighted by Crippen LogP contribution is -2.05. The average Bonchev–Trinajstić information content (AvgIpc) is 2.45. The molecular weight excluding hydrogens is 275 g/mol. The number of benzene rings is 2. The van der Waals surface area contributed by atoms with Crippen molar-refractivity contribution < 1.29 is 9.13 Å². The van der Waals surface area contributed by atoms with E-state index in [0.717, 1.165) is 5.56 Å². The first kappa shape index (κ1) is 14.9. The Labute approximate surface area is 124 Å². The summed E-state index contributed by atoms with van der Waals surface area (Å²) in [5, 5.41) is 0. The highest BCUT2D eigenvalue weighted by molar-refractivity contribution is 6.18. The van der Waals surface area contributed by atoms with Crippen molar-refractivity contribution >= 4 is 11.6 Å². The normalized spacial score (nSPS) is 12.2. The van der Waals surface area contributed by atoms with E-state index in [-0.39, 0.29) is 17.5 Å². The fraction of sp³-hybridized carbons (Fsp3) is 0.294. The molecule has 2 rings (SSSR count). The third-order valence-electron chi connectivity index (χ3n) is 3.40. The van der Waals surface area contributed by atoms with Crippen LogP contribution >= 0.6 is 11.6 Å². The van der Waals surface area contributed by atoms with Crippen LogP contribution in [0.5, 0.6) is 5.75 Å². The fourth-order valence-corrected chi connectivity index (χ4v) is 2.59. The van der Waals surface area contributed by atoms with E-state index in [0.29, 0.717) is 12.3 Å². The van der Waals surface area contributed by atoms with E-state index in [4.69, 9.17) is 16.3 Å². The highest BCUT2D eigenvalue weighted by atomic mass is 35.5. The molecule has 0 fully saturated rings. The van der Waals surface area contributed by atoms with Gasteiger partial charge in [0, 0.05) is 11.8 Å². The molecule has 1 unspecified atom stereocenters. The first-order chi connectivity index (χ1) is 9.63. The number of halogens is 2. The molecule has 0 saturated heterocycles. The molecule has 2 aromatic carbocycles. The fourth-order valence-electron chi connectivity index (χ4n) is 2.31. The van der Waals surface area contributed by atoms with Gasteiger partial charge in [0.2, 0.25) is 0 Å². The van der Waals surface area contributed by atoms with Gasteiger partial charge in [-0.15, -0.1) is 11.6 Å². The van der Waals surface area contributed by atoms with Crippen LogP contribution in [0.3, 0.4) is 0 Å². The molecule has 0 saturated carbocycles. The van der Waals surface area contributed by atoms with E-state index in [1.807, 2.05) is 12.1 Å². The number of aryl methyl sites for hydroxylation is 1. The van der Waals surface area contributed by atoms with E-state index < -0.39 is 0 Å². The highest BCUT2D eigenvalue weighted by Gasteiger charge is 2.13. The molecule has 0 amide bonds. The predicted octanol–water partition coefficient (Wildman–Crippen LogP) is 4.71. The third-order valence-corrected chi connectivity index (χ3v) is 3.77. The molecular formula is C17H18ClFO. The van der Waals surface area contributed by atoms with Crippen molar-refractivity contribution in [1.82, 2.24) is 0 Å². The number of hydrogen-bond donors (Lipinski definition) is 0. The molecule has 2 aromatic rings. The average molecular weight is 293 g/mol. The van der Waals surface area contributed by atoms with Gasteiger partial charge >= 0.3 is 0 Å². The largest absolute Gasteiger partial charge is 0.494 e. The summed E-state index contributed by atoms with van der Waals surface area (Å²) >= 11 is 6.08. The van der Waals surface area contributed by atoms with Crippen LogP contribution in [0.1, 0.15) is 22.6 Å². The summed E-state index contributed by atoms with van der Waals surface area (Å²) < 4.78 is 18.6. The number of methoxy groups -OCH3 is 1. The van der Waals surface area contributed by atoms with E-state index in [2.05, 4.69) is 25.1 Å². The van der Waals surface area contributed by atoms with Crippen molar-refractivity contribution in [3.05, 3.63) is 65.0 Å². The maximum absolute atomic E-state index is 13.7. The summed E-state index contributed by atoms with van der Waals surface area (Å²) in [4.78, 5) is 0. The van der Waals surface area contributed by atoms with Crippen molar-refractivity contribution in [3.8, 4) is 5.75 Å². The SMILES string of the molecule is COc1ccc(CC(CCl)c2cccc(C)c2)cc1F. The zero-order chi connectivity index (χ0) is 14.5. The quantitative estimate of drug-likeness (QED) is 0.725. The molecule has 0 spiro atoms. The van der Waals surface area contributed by atoms with Gasteiger partial charge in [-0.1, -0.05) is 35.9 Å². The van der Waals surface area contributed by atoms with Gasteiger partial charge in [0.25, 0.3) is 0 Å². The Bertz CT molecular complexity index is 583. The summed E-state index contributed by atoms with van der Waals surface area (Å²) in [6.45, 7) is 2.06. The van der Waals surface area contributed by atoms with Gasteiger partial charge in [-0.3, -0.25) is 0 Å². The highest BCUT2D eigenvalue weighted by Crippen LogP contribution is 2.25. The summed E-state index contributed by atoms with van der Waals surface area (Å²) in [6.07, 6.45) is 0.716. The number of hydrogen-bond acceptors (Lipinski definition) is 1. The second-order valence-electron chi connectivity index (χ2n) is 4.94. The van der Waals surface area contributed by atoms with Crippen molar-refractivity contribution in [1.29, 1.82) is 0 Å². The van der Waals surface area contributed by atoms with Crippen LogP contribution in [0, 0.1) is 12.7 Å². The summed E-state index contributed by atoms with van der Waals surface area (Å²) in [5.41, 5.74) is 3.32. The standard InChI is InChI=1S/C17H18ClFO/c1-12-4-3-5-14(8-12)15(11-18)9-13-6-7-17(20-2)16(19)10-13/h3-8,10,15H,9,11H2,1-2H3. The van der Waals surface area contributed by atoms with Crippen LogP contribution in [0.2, 0.25) is 0 Å². The zero-order valence-electron chi connectivity index (χ0n) is 11.7. The molecule has 0 N–H and O–H groups in total. The third kappa shape index (κ3) is 3.51. The Hall–Kier alpha value is -1.54. The van der Waals surface area contributed by atoms with Gasteiger partial charge in [0.05, 0.1) is 7.11 Å². The van der Waals surface area contributed by atoms with E-state index in [1.165, 1.54) is 24.3 Å². The maximum Gasteiger partial charge on any atom is 0.165 e. The maximum atomic E-state index is 13.7. The first-order valence-electron chi connectivity index (χ1n) is 6.59. The van der Waals surface area contributed by atoms with Crippen LogP contribution in [0.4, 0.5) is 4.39 Å². The Balaban J connectivity index is 2.20. The molecule has 0 radical (unpaired) electrons. The number of alkyl halides is 1. The molecule has 106 valence electrons. The Kier molecular flexibility index (Phi) is 5.02. The van der Waals surface area contributed by atoms with Crippen LogP contribution < -0.4 is 4.74 Å². The minimum atomic E-state index is -0.331. The van der Waals surface area contributed by atoms with Crippen molar-refractivity contribution in [3.63, 3.8) is 0 Å². The lowest BCUT2D eigenvalue weighted by molar-refractivity contribution is 0.386. The lowest BCUT2D eigenvalue weighted by atomic mass is 9.92. The van der Waals surface area contributed by atoms with Gasteiger partial charge in [-0.05, 0) is 36.6 Å². The zero-order valence-corrected chi connectivity index (χ0v) is 12.5. The van der Waals surface area contributed by atoms with Crippen molar-refractivity contribution in [2.75, 3.05) is 13.0 Å². The molecule has 0 aliphatic rings. The summed E-state index contributed by atoms with van der Waals surface area (Å²) in [7, 11) is 1.46. The van der Waals surface area contributed by atoms with E-state index >= 15 is 0 Å². The van der Waals surface area contributed by atoms with E-state index in [9.17, 15) is 4.39 Å². The molecule has 0 aromatic heterocycles. The van der Waals surface area contributed by atoms with Gasteiger partial charge in [0.15, 0.2) is 11.6 Å². The molecule has 0 aliphatic carbocycles. The molecule has 1 nitrogen and oxygen atoms in total. The van der Waals surface area contributed by atoms with Crippen molar-refractivity contribution in [2.45, 2.75) is 19.3 Å². The van der Waals surface area contributed by atoms with Crippen LogP contribution in [-0.2, 0) is 6.42 Å². The molecule has 1 atom stereocenters. The monoisotopic (exact) mass is 292 g/mol. The Morgan fingerprint density at radius 3 is 2.60 bits per heavy atom. The van der Waals surface area contributed by atoms with Crippen LogP contribution in [0.25, 0.3) is 0 Å². The molecule has 3 heteroatoms. The Morgan fingerprint density at radius 2 is 2.00 bits per heavy atom. The predicted molar refractivity (Wildman–Crippen MR) is 81.3 cm³/mol. The second kappa shape index (κ2) is 6.76. The second-order valence-corrected chi connectivity index (χ2v) is 5.25. The number of ether oxygens (including phenoxy) is 1. The lowest BCUT2D eigenvalue weighted by Gasteiger charge is -2.15. The summed E-state index contributed by atoms with van der Waals surface area (Å²) in [5.74, 6) is 0.635. The Morgan fingerprint density at radius 1 is 1.20 bits per heavy atom. The molecule has 0 heterocycles.